The highest BCUT2D eigenvalue weighted by atomic mass is 32.2. The Balaban J connectivity index is 1.49. The molecule has 2 aromatic heterocycles. The van der Waals surface area contributed by atoms with Crippen LogP contribution in [0.4, 0.5) is 5.69 Å². The Bertz CT molecular complexity index is 959. The molecular weight excluding hydrogens is 398 g/mol. The molecule has 2 heterocycles. The fourth-order valence-corrected chi connectivity index (χ4v) is 3.90. The van der Waals surface area contributed by atoms with Crippen molar-refractivity contribution in [3.05, 3.63) is 42.0 Å². The van der Waals surface area contributed by atoms with Crippen LogP contribution in [0.3, 0.4) is 0 Å². The van der Waals surface area contributed by atoms with Gasteiger partial charge in [-0.1, -0.05) is 11.8 Å². The van der Waals surface area contributed by atoms with E-state index in [1.54, 1.807) is 24.3 Å². The summed E-state index contributed by atoms with van der Waals surface area (Å²) in [5, 5.41) is 6.26. The second kappa shape index (κ2) is 9.52. The van der Waals surface area contributed by atoms with Gasteiger partial charge in [0.2, 0.25) is 0 Å². The Morgan fingerprint density at radius 1 is 1.21 bits per heavy atom. The quantitative estimate of drug-likeness (QED) is 0.339. The number of amides is 1. The van der Waals surface area contributed by atoms with E-state index in [2.05, 4.69) is 15.3 Å². The molecule has 1 amide bonds. The first-order valence-corrected chi connectivity index (χ1v) is 10.5. The van der Waals surface area contributed by atoms with Gasteiger partial charge in [0, 0.05) is 11.1 Å². The minimum atomic E-state index is -0.911. The van der Waals surface area contributed by atoms with E-state index >= 15 is 0 Å². The van der Waals surface area contributed by atoms with Crippen LogP contribution >= 0.6 is 23.1 Å². The highest BCUT2D eigenvalue weighted by Crippen LogP contribution is 2.27. The number of esters is 1. The summed E-state index contributed by atoms with van der Waals surface area (Å²) in [6, 6.07) is 8.90. The summed E-state index contributed by atoms with van der Waals surface area (Å²) in [6.45, 7) is 4.01. The van der Waals surface area contributed by atoms with E-state index in [0.29, 0.717) is 12.3 Å². The van der Waals surface area contributed by atoms with Crippen LogP contribution in [0.2, 0.25) is 0 Å². The Hall–Kier alpha value is -2.65. The first-order valence-electron chi connectivity index (χ1n) is 8.61. The fourth-order valence-electron chi connectivity index (χ4n) is 2.34. The lowest BCUT2D eigenvalue weighted by Crippen LogP contribution is -2.30. The van der Waals surface area contributed by atoms with Crippen LogP contribution in [-0.4, -0.2) is 40.3 Å². The smallest absolute Gasteiger partial charge is 0.317 e. The molecule has 0 aliphatic carbocycles. The molecule has 0 saturated heterocycles. The van der Waals surface area contributed by atoms with Crippen molar-refractivity contribution in [2.75, 3.05) is 17.7 Å². The second-order valence-corrected chi connectivity index (χ2v) is 7.54. The molecule has 7 nitrogen and oxygen atoms in total. The first kappa shape index (κ1) is 20.1. The molecule has 146 valence electrons. The maximum Gasteiger partial charge on any atom is 0.317 e. The summed E-state index contributed by atoms with van der Waals surface area (Å²) in [4.78, 5) is 33.6. The van der Waals surface area contributed by atoms with Crippen LogP contribution in [0.1, 0.15) is 13.8 Å². The minimum Gasteiger partial charge on any atom is -0.494 e. The van der Waals surface area contributed by atoms with Crippen LogP contribution in [0.5, 0.6) is 5.75 Å². The third-order valence-electron chi connectivity index (χ3n) is 3.66. The predicted molar refractivity (Wildman–Crippen MR) is 110 cm³/mol. The third kappa shape index (κ3) is 5.20. The zero-order valence-electron chi connectivity index (χ0n) is 15.4. The van der Waals surface area contributed by atoms with Crippen molar-refractivity contribution in [1.29, 1.82) is 0 Å². The predicted octanol–water partition coefficient (Wildman–Crippen LogP) is 3.75. The average Bonchev–Trinajstić information content (AvgIpc) is 3.17. The van der Waals surface area contributed by atoms with E-state index in [1.165, 1.54) is 36.3 Å². The van der Waals surface area contributed by atoms with Gasteiger partial charge in [0.25, 0.3) is 5.91 Å². The molecule has 3 rings (SSSR count). The number of fused-ring (bicyclic) bond motifs is 1. The molecule has 0 aliphatic heterocycles. The SMILES string of the molecule is CCOc1ccc(NC(=O)[C@H](C)OC(=O)CSc2ncnc3sccc23)cc1. The van der Waals surface area contributed by atoms with Gasteiger partial charge in [0.05, 0.1) is 12.4 Å². The van der Waals surface area contributed by atoms with Crippen molar-refractivity contribution in [2.24, 2.45) is 0 Å². The summed E-state index contributed by atoms with van der Waals surface area (Å²) >= 11 is 2.78. The largest absolute Gasteiger partial charge is 0.494 e. The Labute approximate surface area is 170 Å². The number of hydrogen-bond donors (Lipinski definition) is 1. The number of rotatable bonds is 8. The molecule has 0 fully saturated rings. The minimum absolute atomic E-state index is 0.0582. The van der Waals surface area contributed by atoms with Crippen molar-refractivity contribution >= 4 is 50.9 Å². The number of carbonyl (C=O) groups excluding carboxylic acids is 2. The van der Waals surface area contributed by atoms with Gasteiger partial charge in [0.1, 0.15) is 21.9 Å². The number of carbonyl (C=O) groups is 2. The Morgan fingerprint density at radius 3 is 2.75 bits per heavy atom. The number of nitrogens with zero attached hydrogens (tertiary/aromatic N) is 2. The average molecular weight is 418 g/mol. The van der Waals surface area contributed by atoms with Crippen molar-refractivity contribution in [1.82, 2.24) is 9.97 Å². The molecule has 0 bridgehead atoms. The summed E-state index contributed by atoms with van der Waals surface area (Å²) in [5.74, 6) is -0.102. The molecule has 1 atom stereocenters. The molecule has 3 aromatic rings. The van der Waals surface area contributed by atoms with Gasteiger partial charge in [-0.3, -0.25) is 9.59 Å². The monoisotopic (exact) mass is 417 g/mol. The van der Waals surface area contributed by atoms with Gasteiger partial charge in [-0.15, -0.1) is 11.3 Å². The molecule has 9 heteroatoms. The van der Waals surface area contributed by atoms with E-state index in [4.69, 9.17) is 9.47 Å². The van der Waals surface area contributed by atoms with E-state index < -0.39 is 18.0 Å². The van der Waals surface area contributed by atoms with Gasteiger partial charge < -0.3 is 14.8 Å². The number of ether oxygens (including phenoxy) is 2. The van der Waals surface area contributed by atoms with Crippen LogP contribution in [-0.2, 0) is 14.3 Å². The maximum atomic E-state index is 12.2. The molecular formula is C19H19N3O4S2. The van der Waals surface area contributed by atoms with Crippen molar-refractivity contribution < 1.29 is 19.1 Å². The molecule has 0 aliphatic rings. The number of hydrogen-bond acceptors (Lipinski definition) is 8. The first-order chi connectivity index (χ1) is 13.6. The molecule has 0 radical (unpaired) electrons. The van der Waals surface area contributed by atoms with Crippen LogP contribution in [0.25, 0.3) is 10.2 Å². The lowest BCUT2D eigenvalue weighted by Gasteiger charge is -2.13. The van der Waals surface area contributed by atoms with E-state index in [-0.39, 0.29) is 5.75 Å². The number of anilines is 1. The highest BCUT2D eigenvalue weighted by Gasteiger charge is 2.18. The lowest BCUT2D eigenvalue weighted by atomic mass is 10.3. The maximum absolute atomic E-state index is 12.2. The molecule has 1 N–H and O–H groups in total. The molecule has 1 aromatic carbocycles. The van der Waals surface area contributed by atoms with Crippen LogP contribution < -0.4 is 10.1 Å². The van der Waals surface area contributed by atoms with Crippen molar-refractivity contribution in [2.45, 2.75) is 25.0 Å². The summed E-state index contributed by atoms with van der Waals surface area (Å²) in [5.41, 5.74) is 0.603. The third-order valence-corrected chi connectivity index (χ3v) is 5.46. The fraction of sp³-hybridized carbons (Fsp3) is 0.263. The standard InChI is InChI=1S/C19H19N3O4S2/c1-3-25-14-6-4-13(5-7-14)22-17(24)12(2)26-16(23)10-28-19-15-8-9-27-18(15)20-11-21-19/h4-9,11-12H,3,10H2,1-2H3,(H,22,24)/t12-/m0/s1. The normalized spacial score (nSPS) is 11.8. The molecule has 28 heavy (non-hydrogen) atoms. The van der Waals surface area contributed by atoms with Gasteiger partial charge in [-0.05, 0) is 49.6 Å². The van der Waals surface area contributed by atoms with Crippen LogP contribution in [0, 0.1) is 0 Å². The number of benzene rings is 1. The van der Waals surface area contributed by atoms with Gasteiger partial charge in [0.15, 0.2) is 6.10 Å². The highest BCUT2D eigenvalue weighted by molar-refractivity contribution is 8.00. The summed E-state index contributed by atoms with van der Waals surface area (Å²) in [6.07, 6.45) is 0.561. The topological polar surface area (TPSA) is 90.4 Å². The number of aromatic nitrogens is 2. The molecule has 0 unspecified atom stereocenters. The zero-order chi connectivity index (χ0) is 19.9. The second-order valence-electron chi connectivity index (χ2n) is 5.69. The number of nitrogens with one attached hydrogen (secondary N) is 1. The molecule has 0 saturated carbocycles. The Morgan fingerprint density at radius 2 is 2.00 bits per heavy atom. The molecule has 0 spiro atoms. The van der Waals surface area contributed by atoms with Gasteiger partial charge in [-0.2, -0.15) is 0 Å². The van der Waals surface area contributed by atoms with E-state index in [9.17, 15) is 9.59 Å². The summed E-state index contributed by atoms with van der Waals surface area (Å²) in [7, 11) is 0. The van der Waals surface area contributed by atoms with E-state index in [0.717, 1.165) is 21.0 Å². The van der Waals surface area contributed by atoms with Gasteiger partial charge >= 0.3 is 5.97 Å². The van der Waals surface area contributed by atoms with E-state index in [1.807, 2.05) is 18.4 Å². The van der Waals surface area contributed by atoms with Crippen LogP contribution in [0.15, 0.2) is 47.1 Å². The number of thiophene rings is 1. The number of thioether (sulfide) groups is 1. The van der Waals surface area contributed by atoms with Gasteiger partial charge in [-0.25, -0.2) is 9.97 Å². The van der Waals surface area contributed by atoms with Crippen molar-refractivity contribution in [3.8, 4) is 5.75 Å². The van der Waals surface area contributed by atoms with Crippen molar-refractivity contribution in [3.63, 3.8) is 0 Å². The Kier molecular flexibility index (Phi) is 6.83. The summed E-state index contributed by atoms with van der Waals surface area (Å²) < 4.78 is 10.6. The lowest BCUT2D eigenvalue weighted by molar-refractivity contribution is -0.150. The zero-order valence-corrected chi connectivity index (χ0v) is 17.0.